The van der Waals surface area contributed by atoms with Gasteiger partial charge in [-0.2, -0.15) is 0 Å². The van der Waals surface area contributed by atoms with Crippen LogP contribution in [0.15, 0.2) is 49.1 Å². The molecule has 0 aliphatic carbocycles. The van der Waals surface area contributed by atoms with Crippen LogP contribution >= 0.6 is 0 Å². The molecule has 2 heterocycles. The van der Waals surface area contributed by atoms with Crippen molar-refractivity contribution in [3.05, 3.63) is 54.9 Å². The minimum Gasteiger partial charge on any atom is -0.439 e. The number of nitrogens with one attached hydrogen (secondary N) is 1. The molecule has 1 N–H and O–H groups in total. The van der Waals surface area contributed by atoms with Gasteiger partial charge in [0.25, 0.3) is 0 Å². The van der Waals surface area contributed by atoms with Gasteiger partial charge in [-0.15, -0.1) is 0 Å². The summed E-state index contributed by atoms with van der Waals surface area (Å²) >= 11 is 0. The van der Waals surface area contributed by atoms with Gasteiger partial charge in [0.2, 0.25) is 15.9 Å². The molecule has 0 amide bonds. The molecule has 3 rings (SSSR count). The first-order valence-corrected chi connectivity index (χ1v) is 8.88. The zero-order valence-corrected chi connectivity index (χ0v) is 13.9. The standard InChI is InChI=1S/C15H15N5O3S/c1-11-16-7-8-20(11)14-9-15(18-10-17-14)23-13-5-3-12(4-6-13)19-24(2,21)22/h3-10,19H,1-2H3. The monoisotopic (exact) mass is 345 g/mol. The molecular formula is C15H15N5O3S. The Labute approximate surface area is 139 Å². The molecule has 1 aromatic carbocycles. The molecule has 0 aliphatic rings. The van der Waals surface area contributed by atoms with E-state index >= 15 is 0 Å². The van der Waals surface area contributed by atoms with Crippen LogP contribution in [0.4, 0.5) is 5.69 Å². The Morgan fingerprint density at radius 3 is 2.50 bits per heavy atom. The normalized spacial score (nSPS) is 11.2. The van der Waals surface area contributed by atoms with Crippen molar-refractivity contribution in [1.82, 2.24) is 19.5 Å². The minimum atomic E-state index is -3.30. The molecule has 0 radical (unpaired) electrons. The van der Waals surface area contributed by atoms with Crippen molar-refractivity contribution in [3.8, 4) is 17.4 Å². The molecule has 8 nitrogen and oxygen atoms in total. The number of sulfonamides is 1. The van der Waals surface area contributed by atoms with E-state index in [0.717, 1.165) is 12.1 Å². The van der Waals surface area contributed by atoms with Crippen LogP contribution < -0.4 is 9.46 Å². The lowest BCUT2D eigenvalue weighted by Crippen LogP contribution is -2.09. The number of anilines is 1. The fourth-order valence-electron chi connectivity index (χ4n) is 2.06. The van der Waals surface area contributed by atoms with Crippen molar-refractivity contribution >= 4 is 15.7 Å². The summed E-state index contributed by atoms with van der Waals surface area (Å²) < 4.78 is 32.3. The van der Waals surface area contributed by atoms with Gasteiger partial charge < -0.3 is 4.74 Å². The number of hydrogen-bond acceptors (Lipinski definition) is 6. The lowest BCUT2D eigenvalue weighted by molar-refractivity contribution is 0.461. The second-order valence-electron chi connectivity index (χ2n) is 5.06. The van der Waals surface area contributed by atoms with E-state index in [1.807, 2.05) is 11.5 Å². The molecule has 2 aromatic heterocycles. The number of imidazole rings is 1. The third kappa shape index (κ3) is 3.87. The SMILES string of the molecule is Cc1nccn1-c1cc(Oc2ccc(NS(C)(=O)=O)cc2)ncn1. The van der Waals surface area contributed by atoms with Crippen LogP contribution in [0.1, 0.15) is 5.82 Å². The highest BCUT2D eigenvalue weighted by Crippen LogP contribution is 2.22. The highest BCUT2D eigenvalue weighted by atomic mass is 32.2. The van der Waals surface area contributed by atoms with Crippen molar-refractivity contribution in [1.29, 1.82) is 0 Å². The lowest BCUT2D eigenvalue weighted by Gasteiger charge is -2.08. The summed E-state index contributed by atoms with van der Waals surface area (Å²) in [5.41, 5.74) is 0.460. The van der Waals surface area contributed by atoms with Gasteiger partial charge in [0.05, 0.1) is 6.26 Å². The summed E-state index contributed by atoms with van der Waals surface area (Å²) in [6, 6.07) is 8.21. The fraction of sp³-hybridized carbons (Fsp3) is 0.133. The predicted molar refractivity (Wildman–Crippen MR) is 88.9 cm³/mol. The van der Waals surface area contributed by atoms with Crippen LogP contribution in [0, 0.1) is 6.92 Å². The maximum Gasteiger partial charge on any atom is 0.229 e. The minimum absolute atomic E-state index is 0.372. The molecule has 0 spiro atoms. The van der Waals surface area contributed by atoms with Crippen LogP contribution in [-0.4, -0.2) is 34.2 Å². The molecule has 0 fully saturated rings. The fourth-order valence-corrected chi connectivity index (χ4v) is 2.63. The molecule has 9 heteroatoms. The molecular weight excluding hydrogens is 330 g/mol. The molecule has 0 saturated heterocycles. The first-order valence-electron chi connectivity index (χ1n) is 6.99. The molecule has 24 heavy (non-hydrogen) atoms. The lowest BCUT2D eigenvalue weighted by atomic mass is 10.3. The maximum atomic E-state index is 11.2. The van der Waals surface area contributed by atoms with Gasteiger partial charge in [-0.05, 0) is 31.2 Å². The van der Waals surface area contributed by atoms with E-state index in [1.54, 1.807) is 42.7 Å². The first kappa shape index (κ1) is 15.9. The number of hydrogen-bond donors (Lipinski definition) is 1. The van der Waals surface area contributed by atoms with Gasteiger partial charge in [-0.25, -0.2) is 23.4 Å². The number of aryl methyl sites for hydroxylation is 1. The Balaban J connectivity index is 1.78. The molecule has 124 valence electrons. The predicted octanol–water partition coefficient (Wildman–Crippen LogP) is 2.13. The van der Waals surface area contributed by atoms with Crippen LogP contribution in [0.5, 0.6) is 11.6 Å². The number of nitrogens with zero attached hydrogens (tertiary/aromatic N) is 4. The third-order valence-electron chi connectivity index (χ3n) is 3.08. The smallest absolute Gasteiger partial charge is 0.229 e. The van der Waals surface area contributed by atoms with Crippen molar-refractivity contribution < 1.29 is 13.2 Å². The van der Waals surface area contributed by atoms with Crippen molar-refractivity contribution in [3.63, 3.8) is 0 Å². The van der Waals surface area contributed by atoms with Crippen molar-refractivity contribution in [2.75, 3.05) is 11.0 Å². The largest absolute Gasteiger partial charge is 0.439 e. The molecule has 0 atom stereocenters. The zero-order valence-electron chi connectivity index (χ0n) is 13.0. The van der Waals surface area contributed by atoms with Crippen LogP contribution in [-0.2, 0) is 10.0 Å². The Hall–Kier alpha value is -2.94. The van der Waals surface area contributed by atoms with E-state index in [1.165, 1.54) is 6.33 Å². The summed E-state index contributed by atoms with van der Waals surface area (Å²) in [5.74, 6) is 2.35. The van der Waals surface area contributed by atoms with Crippen LogP contribution in [0.25, 0.3) is 5.82 Å². The Morgan fingerprint density at radius 1 is 1.12 bits per heavy atom. The Bertz CT molecular complexity index is 951. The molecule has 0 saturated carbocycles. The summed E-state index contributed by atoms with van der Waals surface area (Å²) in [4.78, 5) is 12.4. The van der Waals surface area contributed by atoms with E-state index in [2.05, 4.69) is 19.7 Å². The van der Waals surface area contributed by atoms with Gasteiger partial charge in [-0.3, -0.25) is 9.29 Å². The third-order valence-corrected chi connectivity index (χ3v) is 3.69. The highest BCUT2D eigenvalue weighted by Gasteiger charge is 2.06. The number of aromatic nitrogens is 4. The van der Waals surface area contributed by atoms with Gasteiger partial charge in [-0.1, -0.05) is 0 Å². The molecule has 3 aromatic rings. The summed E-state index contributed by atoms with van der Waals surface area (Å²) in [6.45, 7) is 1.87. The number of rotatable bonds is 5. The zero-order chi connectivity index (χ0) is 17.2. The van der Waals surface area contributed by atoms with Crippen LogP contribution in [0.3, 0.4) is 0 Å². The second kappa shape index (κ2) is 6.28. The topological polar surface area (TPSA) is 99.0 Å². The van der Waals surface area contributed by atoms with E-state index in [9.17, 15) is 8.42 Å². The quantitative estimate of drug-likeness (QED) is 0.760. The summed E-state index contributed by atoms with van der Waals surface area (Å²) in [7, 11) is -3.30. The highest BCUT2D eigenvalue weighted by molar-refractivity contribution is 7.92. The average Bonchev–Trinajstić information content (AvgIpc) is 2.94. The number of benzene rings is 1. The van der Waals surface area contributed by atoms with Gasteiger partial charge in [0, 0.05) is 24.1 Å². The molecule has 0 unspecified atom stereocenters. The van der Waals surface area contributed by atoms with Gasteiger partial charge in [0.15, 0.2) is 0 Å². The second-order valence-corrected chi connectivity index (χ2v) is 6.81. The summed E-state index contributed by atoms with van der Waals surface area (Å²) in [5, 5.41) is 0. The molecule has 0 aliphatic heterocycles. The maximum absolute atomic E-state index is 11.2. The van der Waals surface area contributed by atoms with Crippen molar-refractivity contribution in [2.24, 2.45) is 0 Å². The average molecular weight is 345 g/mol. The van der Waals surface area contributed by atoms with Gasteiger partial charge >= 0.3 is 0 Å². The summed E-state index contributed by atoms with van der Waals surface area (Å²) in [6.07, 6.45) is 5.99. The first-order chi connectivity index (χ1) is 11.4. The van der Waals surface area contributed by atoms with Crippen molar-refractivity contribution in [2.45, 2.75) is 6.92 Å². The van der Waals surface area contributed by atoms with Crippen LogP contribution in [0.2, 0.25) is 0 Å². The Morgan fingerprint density at radius 2 is 1.88 bits per heavy atom. The Kier molecular flexibility index (Phi) is 4.17. The van der Waals surface area contributed by atoms with E-state index in [0.29, 0.717) is 23.1 Å². The van der Waals surface area contributed by atoms with Gasteiger partial charge in [0.1, 0.15) is 23.7 Å². The van der Waals surface area contributed by atoms with E-state index < -0.39 is 10.0 Å². The van der Waals surface area contributed by atoms with E-state index in [-0.39, 0.29) is 0 Å². The molecule has 0 bridgehead atoms. The van der Waals surface area contributed by atoms with E-state index in [4.69, 9.17) is 4.74 Å². The number of ether oxygens (including phenoxy) is 1.